The van der Waals surface area contributed by atoms with Crippen molar-refractivity contribution in [2.45, 2.75) is 12.5 Å². The van der Waals surface area contributed by atoms with E-state index in [9.17, 15) is 0 Å². The molecule has 1 aliphatic carbocycles. The van der Waals surface area contributed by atoms with E-state index in [0.717, 1.165) is 18.2 Å². The number of nitrogens with one attached hydrogen (secondary N) is 1. The summed E-state index contributed by atoms with van der Waals surface area (Å²) in [4.78, 5) is 0. The van der Waals surface area contributed by atoms with Crippen LogP contribution in [0.4, 0.5) is 0 Å². The van der Waals surface area contributed by atoms with E-state index in [1.807, 2.05) is 6.08 Å². The van der Waals surface area contributed by atoms with E-state index >= 15 is 0 Å². The summed E-state index contributed by atoms with van der Waals surface area (Å²) in [6.07, 6.45) is 6.03. The smallest absolute Gasteiger partial charge is 0.201 e. The summed E-state index contributed by atoms with van der Waals surface area (Å²) in [5.74, 6) is 0. The molecule has 1 aliphatic heterocycles. The van der Waals surface area contributed by atoms with Crippen molar-refractivity contribution in [1.29, 1.82) is 0 Å². The number of hydrogen-bond donors (Lipinski definition) is 1. The predicted molar refractivity (Wildman–Crippen MR) is 125 cm³/mol. The topological polar surface area (TPSA) is 21.3 Å². The molecule has 3 heteroatoms. The van der Waals surface area contributed by atoms with Gasteiger partial charge in [-0.05, 0) is 42.7 Å². The molecule has 2 aliphatic rings. The van der Waals surface area contributed by atoms with Crippen LogP contribution in [0, 0.1) is 6.23 Å². The van der Waals surface area contributed by atoms with Gasteiger partial charge in [-0.2, -0.15) is 0 Å². The summed E-state index contributed by atoms with van der Waals surface area (Å²) in [6, 6.07) is 32.4. The molecule has 0 bridgehead atoms. The van der Waals surface area contributed by atoms with Gasteiger partial charge in [-0.15, -0.1) is 5.73 Å². The Hall–Kier alpha value is -2.73. The first-order valence-electron chi connectivity index (χ1n) is 10.3. The highest BCUT2D eigenvalue weighted by Crippen LogP contribution is 2.50. The zero-order valence-corrected chi connectivity index (χ0v) is 17.6. The maximum Gasteiger partial charge on any atom is 0.201 e. The highest BCUT2D eigenvalue weighted by molar-refractivity contribution is 7.77. The minimum absolute atomic E-state index is 0.276. The monoisotopic (exact) mass is 408 g/mol. The maximum absolute atomic E-state index is 6.13. The van der Waals surface area contributed by atoms with Crippen LogP contribution in [0.15, 0.2) is 120 Å². The molecule has 0 aromatic heterocycles. The van der Waals surface area contributed by atoms with Gasteiger partial charge in [-0.3, -0.25) is 5.32 Å². The summed E-state index contributed by atoms with van der Waals surface area (Å²) >= 11 is 0. The molecule has 3 aromatic rings. The predicted octanol–water partition coefficient (Wildman–Crippen LogP) is 4.82. The lowest BCUT2D eigenvalue weighted by molar-refractivity contribution is 0.207. The minimum atomic E-state index is -0.680. The zero-order chi connectivity index (χ0) is 20.2. The van der Waals surface area contributed by atoms with Crippen LogP contribution >= 0.6 is 7.92 Å². The summed E-state index contributed by atoms with van der Waals surface area (Å²) in [5.41, 5.74) is 5.83. The summed E-state index contributed by atoms with van der Waals surface area (Å²) in [5, 5.41) is 7.56. The molecule has 0 spiro atoms. The molecule has 147 valence electrons. The lowest BCUT2D eigenvalue weighted by atomic mass is 10.1. The van der Waals surface area contributed by atoms with Gasteiger partial charge in [-0.1, -0.05) is 91.0 Å². The van der Waals surface area contributed by atoms with E-state index in [0.29, 0.717) is 6.61 Å². The van der Waals surface area contributed by atoms with Gasteiger partial charge >= 0.3 is 0 Å². The second-order valence-electron chi connectivity index (χ2n) is 7.42. The number of rotatable bonds is 6. The van der Waals surface area contributed by atoms with Crippen LogP contribution in [-0.2, 0) is 11.2 Å². The van der Waals surface area contributed by atoms with Gasteiger partial charge in [0.2, 0.25) is 6.23 Å². The second-order valence-corrected chi connectivity index (χ2v) is 9.60. The third-order valence-electron chi connectivity index (χ3n) is 5.31. The molecule has 3 aromatic carbocycles. The molecule has 2 nitrogen and oxygen atoms in total. The largest absolute Gasteiger partial charge is 0.349 e. The third kappa shape index (κ3) is 4.10. The van der Waals surface area contributed by atoms with E-state index in [1.54, 1.807) is 0 Å². The highest BCUT2D eigenvalue weighted by atomic mass is 31.1. The number of benzene rings is 3. The zero-order valence-electron chi connectivity index (χ0n) is 16.7. The van der Waals surface area contributed by atoms with Crippen molar-refractivity contribution in [3.63, 3.8) is 0 Å². The fourth-order valence-corrected chi connectivity index (χ4v) is 6.32. The summed E-state index contributed by atoms with van der Waals surface area (Å²) in [6.45, 7) is 0.678. The van der Waals surface area contributed by atoms with Crippen molar-refractivity contribution in [3.8, 4) is 0 Å². The molecule has 5 rings (SSSR count). The van der Waals surface area contributed by atoms with Crippen LogP contribution < -0.4 is 15.9 Å². The molecule has 1 radical (unpaired) electrons. The Balaban J connectivity index is 1.39. The van der Waals surface area contributed by atoms with E-state index in [1.165, 1.54) is 21.5 Å². The Labute approximate surface area is 179 Å². The van der Waals surface area contributed by atoms with Crippen molar-refractivity contribution in [2.75, 3.05) is 6.61 Å². The van der Waals surface area contributed by atoms with Gasteiger partial charge < -0.3 is 4.74 Å². The molecular formula is C27H23NOP. The number of hydrogen-bond acceptors (Lipinski definition) is 2. The molecule has 0 saturated carbocycles. The maximum atomic E-state index is 6.13. The average molecular weight is 408 g/mol. The van der Waals surface area contributed by atoms with Crippen LogP contribution in [-0.4, -0.2) is 12.6 Å². The number of ether oxygens (including phenoxy) is 1. The van der Waals surface area contributed by atoms with Crippen LogP contribution in [0.1, 0.15) is 5.56 Å². The van der Waals surface area contributed by atoms with E-state index in [4.69, 9.17) is 4.74 Å². The lowest BCUT2D eigenvalue weighted by Crippen LogP contribution is -2.29. The summed E-state index contributed by atoms with van der Waals surface area (Å²) in [7, 11) is -0.680. The van der Waals surface area contributed by atoms with Gasteiger partial charge in [0.15, 0.2) is 0 Å². The quantitative estimate of drug-likeness (QED) is 0.467. The third-order valence-corrected chi connectivity index (χ3v) is 7.79. The van der Waals surface area contributed by atoms with E-state index in [-0.39, 0.29) is 6.04 Å². The molecule has 1 atom stereocenters. The highest BCUT2D eigenvalue weighted by Gasteiger charge is 2.34. The first-order valence-corrected chi connectivity index (χ1v) is 11.6. The van der Waals surface area contributed by atoms with Gasteiger partial charge in [0.1, 0.15) is 0 Å². The Morgan fingerprint density at radius 2 is 1.43 bits per heavy atom. The van der Waals surface area contributed by atoms with Crippen molar-refractivity contribution >= 4 is 18.5 Å². The standard InChI is InChI=1S/C27H23NOP/c1-4-11-21(12-5-1)19-22-20-29-27(28-22)25-17-10-18-26(25)30(23-13-6-2-7-14-23)24-15-8-3-9-16-24/h1-16,18,22,28H,19-20H2/t22-/m1/s1. The van der Waals surface area contributed by atoms with Crippen LogP contribution in [0.5, 0.6) is 0 Å². The fourth-order valence-electron chi connectivity index (χ4n) is 3.92. The Morgan fingerprint density at radius 3 is 2.07 bits per heavy atom. The molecule has 0 amide bonds. The minimum Gasteiger partial charge on any atom is -0.349 e. The Bertz CT molecular complexity index is 1050. The van der Waals surface area contributed by atoms with Gasteiger partial charge in [0, 0.05) is 11.4 Å². The van der Waals surface area contributed by atoms with Crippen molar-refractivity contribution < 1.29 is 4.74 Å². The van der Waals surface area contributed by atoms with Crippen LogP contribution in [0.2, 0.25) is 0 Å². The fraction of sp³-hybridized carbons (Fsp3) is 0.111. The molecular weight excluding hydrogens is 385 g/mol. The molecule has 0 unspecified atom stereocenters. The second kappa shape index (κ2) is 8.96. The van der Waals surface area contributed by atoms with Crippen LogP contribution in [0.25, 0.3) is 0 Å². The van der Waals surface area contributed by atoms with Crippen molar-refractivity contribution in [3.05, 3.63) is 132 Å². The van der Waals surface area contributed by atoms with Crippen molar-refractivity contribution in [1.82, 2.24) is 5.32 Å². The van der Waals surface area contributed by atoms with Gasteiger partial charge in [0.05, 0.1) is 12.2 Å². The Kier molecular flexibility index (Phi) is 5.75. The van der Waals surface area contributed by atoms with Crippen molar-refractivity contribution in [2.24, 2.45) is 0 Å². The van der Waals surface area contributed by atoms with Gasteiger partial charge in [-0.25, -0.2) is 0 Å². The molecule has 30 heavy (non-hydrogen) atoms. The number of allylic oxidation sites excluding steroid dienone is 1. The molecule has 1 saturated heterocycles. The summed E-state index contributed by atoms with van der Waals surface area (Å²) < 4.78 is 6.13. The molecule has 1 N–H and O–H groups in total. The average Bonchev–Trinajstić information content (AvgIpc) is 3.46. The SMILES string of the molecule is C1=CC=C(P(c2ccccc2)c2ccccc2)C=1[C]1N[C@H](Cc2ccccc2)CO1. The first kappa shape index (κ1) is 19.2. The van der Waals surface area contributed by atoms with Gasteiger partial charge in [0.25, 0.3) is 0 Å². The lowest BCUT2D eigenvalue weighted by Gasteiger charge is -2.24. The van der Waals surface area contributed by atoms with E-state index < -0.39 is 7.92 Å². The Morgan fingerprint density at radius 1 is 0.833 bits per heavy atom. The van der Waals surface area contributed by atoms with Crippen LogP contribution in [0.3, 0.4) is 0 Å². The first-order chi connectivity index (χ1) is 14.9. The normalized spacial score (nSPS) is 18.6. The van der Waals surface area contributed by atoms with E-state index in [2.05, 4.69) is 108 Å². The molecule has 1 heterocycles. The molecule has 1 fully saturated rings.